The molecule has 4 rings (SSSR count). The van der Waals surface area contributed by atoms with Gasteiger partial charge in [-0.2, -0.15) is 18.4 Å². The summed E-state index contributed by atoms with van der Waals surface area (Å²) in [7, 11) is 0. The number of alkyl halides is 3. The molecule has 2 N–H and O–H groups in total. The number of nitriles is 1. The maximum Gasteiger partial charge on any atom is 0.419 e. The van der Waals surface area contributed by atoms with Crippen LogP contribution in [0.3, 0.4) is 0 Å². The highest BCUT2D eigenvalue weighted by Crippen LogP contribution is 2.36. The van der Waals surface area contributed by atoms with E-state index in [1.165, 1.54) is 12.4 Å². The summed E-state index contributed by atoms with van der Waals surface area (Å²) in [5.74, 6) is 0.431. The van der Waals surface area contributed by atoms with Crippen LogP contribution in [0.1, 0.15) is 42.1 Å². The van der Waals surface area contributed by atoms with E-state index in [2.05, 4.69) is 32.5 Å². The van der Waals surface area contributed by atoms with E-state index in [4.69, 9.17) is 11.0 Å². The van der Waals surface area contributed by atoms with E-state index in [1.54, 1.807) is 12.3 Å². The number of benzene rings is 1. The van der Waals surface area contributed by atoms with Crippen molar-refractivity contribution in [3.63, 3.8) is 0 Å². The Morgan fingerprint density at radius 3 is 2.63 bits per heavy atom. The second-order valence-electron chi connectivity index (χ2n) is 8.24. The number of aromatic nitrogens is 4. The van der Waals surface area contributed by atoms with Crippen LogP contribution in [0.15, 0.2) is 37.3 Å². The first-order valence-electron chi connectivity index (χ1n) is 11.0. The molecule has 2 aromatic heterocycles. The molecule has 0 atom stereocenters. The first-order valence-corrected chi connectivity index (χ1v) is 11.0. The van der Waals surface area contributed by atoms with Gasteiger partial charge in [-0.1, -0.05) is 12.7 Å². The van der Waals surface area contributed by atoms with Crippen molar-refractivity contribution >= 4 is 17.7 Å². The summed E-state index contributed by atoms with van der Waals surface area (Å²) in [6.45, 7) is 5.44. The Balaban J connectivity index is 1.61. The normalized spacial score (nSPS) is 14.7. The van der Waals surface area contributed by atoms with E-state index < -0.39 is 17.6 Å². The van der Waals surface area contributed by atoms with Gasteiger partial charge in [-0.05, 0) is 31.0 Å². The fourth-order valence-electron chi connectivity index (χ4n) is 4.34. The highest BCUT2D eigenvalue weighted by molar-refractivity contribution is 5.71. The third kappa shape index (κ3) is 4.96. The Bertz CT molecular complexity index is 1270. The molecule has 182 valence electrons. The van der Waals surface area contributed by atoms with Gasteiger partial charge in [-0.15, -0.1) is 0 Å². The van der Waals surface area contributed by atoms with Crippen molar-refractivity contribution in [2.75, 3.05) is 23.7 Å². The van der Waals surface area contributed by atoms with E-state index in [-0.39, 0.29) is 17.9 Å². The van der Waals surface area contributed by atoms with Crippen LogP contribution in [0, 0.1) is 17.1 Å². The van der Waals surface area contributed by atoms with E-state index in [9.17, 15) is 17.6 Å². The monoisotopic (exact) mass is 485 g/mol. The van der Waals surface area contributed by atoms with Crippen LogP contribution in [-0.2, 0) is 12.7 Å². The predicted molar refractivity (Wildman–Crippen MR) is 124 cm³/mol. The van der Waals surface area contributed by atoms with Crippen LogP contribution >= 0.6 is 0 Å². The third-order valence-electron chi connectivity index (χ3n) is 6.10. The number of anilines is 2. The number of nitrogen functional groups attached to an aromatic ring is 1. The minimum atomic E-state index is -4.81. The minimum absolute atomic E-state index is 0.0209. The van der Waals surface area contributed by atoms with Gasteiger partial charge in [0.1, 0.15) is 29.6 Å². The Hall–Kier alpha value is -3.94. The number of nitrogens with two attached hydrogens (primary N) is 1. The highest BCUT2D eigenvalue weighted by atomic mass is 19.4. The molecule has 0 spiro atoms. The SMILES string of the molecule is C=Cc1c(N)ncnc1N1CCC(c2nc(-c3ccc(F)c(C(F)(F)F)c3)cn2CCC#N)CC1. The molecule has 1 saturated heterocycles. The van der Waals surface area contributed by atoms with Crippen molar-refractivity contribution in [1.29, 1.82) is 5.26 Å². The zero-order chi connectivity index (χ0) is 25.2. The van der Waals surface area contributed by atoms with Gasteiger partial charge in [-0.25, -0.2) is 19.3 Å². The largest absolute Gasteiger partial charge is 0.419 e. The summed E-state index contributed by atoms with van der Waals surface area (Å²) < 4.78 is 55.2. The van der Waals surface area contributed by atoms with Crippen LogP contribution in [0.5, 0.6) is 0 Å². The molecule has 3 aromatic rings. The number of hydrogen-bond acceptors (Lipinski definition) is 6. The van der Waals surface area contributed by atoms with Gasteiger partial charge in [0.25, 0.3) is 0 Å². The number of halogens is 4. The first-order chi connectivity index (χ1) is 16.7. The lowest BCUT2D eigenvalue weighted by Crippen LogP contribution is -2.35. The van der Waals surface area contributed by atoms with Gasteiger partial charge >= 0.3 is 6.18 Å². The topological polar surface area (TPSA) is 96.7 Å². The molecule has 3 heterocycles. The fourth-order valence-corrected chi connectivity index (χ4v) is 4.34. The fraction of sp³-hybridized carbons (Fsp3) is 0.333. The van der Waals surface area contributed by atoms with Gasteiger partial charge in [-0.3, -0.25) is 0 Å². The molecule has 35 heavy (non-hydrogen) atoms. The number of imidazole rings is 1. The molecule has 0 bridgehead atoms. The van der Waals surface area contributed by atoms with E-state index in [0.29, 0.717) is 61.2 Å². The van der Waals surface area contributed by atoms with Crippen molar-refractivity contribution in [3.05, 3.63) is 60.1 Å². The van der Waals surface area contributed by atoms with Gasteiger partial charge < -0.3 is 15.2 Å². The summed E-state index contributed by atoms with van der Waals surface area (Å²) >= 11 is 0. The predicted octanol–water partition coefficient (Wildman–Crippen LogP) is 5.02. The Labute approximate surface area is 199 Å². The summed E-state index contributed by atoms with van der Waals surface area (Å²) in [6, 6.07) is 4.94. The molecule has 1 fully saturated rings. The second kappa shape index (κ2) is 9.74. The summed E-state index contributed by atoms with van der Waals surface area (Å²) in [5.41, 5.74) is 5.75. The number of nitrogens with zero attached hydrogens (tertiary/aromatic N) is 6. The third-order valence-corrected chi connectivity index (χ3v) is 6.10. The second-order valence-corrected chi connectivity index (χ2v) is 8.24. The smallest absolute Gasteiger partial charge is 0.383 e. The molecule has 0 aliphatic carbocycles. The minimum Gasteiger partial charge on any atom is -0.383 e. The average molecular weight is 485 g/mol. The quantitative estimate of drug-likeness (QED) is 0.493. The van der Waals surface area contributed by atoms with Crippen LogP contribution in [0.4, 0.5) is 29.2 Å². The summed E-state index contributed by atoms with van der Waals surface area (Å²) in [6.07, 6.45) is 1.49. The molecule has 11 heteroatoms. The zero-order valence-corrected chi connectivity index (χ0v) is 18.8. The number of aryl methyl sites for hydroxylation is 1. The molecule has 1 aliphatic heterocycles. The van der Waals surface area contributed by atoms with Crippen molar-refractivity contribution in [1.82, 2.24) is 19.5 Å². The van der Waals surface area contributed by atoms with E-state index in [1.807, 2.05) is 4.57 Å². The van der Waals surface area contributed by atoms with Crippen LogP contribution in [0.25, 0.3) is 17.3 Å². The highest BCUT2D eigenvalue weighted by Gasteiger charge is 2.34. The lowest BCUT2D eigenvalue weighted by atomic mass is 9.95. The lowest BCUT2D eigenvalue weighted by molar-refractivity contribution is -0.139. The molecule has 0 radical (unpaired) electrons. The molecule has 7 nitrogen and oxygen atoms in total. The van der Waals surface area contributed by atoms with Crippen LogP contribution < -0.4 is 10.6 Å². The number of hydrogen-bond donors (Lipinski definition) is 1. The molecule has 0 unspecified atom stereocenters. The lowest BCUT2D eigenvalue weighted by Gasteiger charge is -2.33. The van der Waals surface area contributed by atoms with Crippen molar-refractivity contribution < 1.29 is 17.6 Å². The first kappa shape index (κ1) is 24.2. The standard InChI is InChI=1S/C24H23F4N7/c1-2-17-21(30)31-14-32-23(17)34-10-6-15(7-11-34)22-33-20(13-35(22)9-3-8-29)16-4-5-19(25)18(12-16)24(26,27)28/h2,4-5,12-15H,1,3,6-7,9-11H2,(H2,30,31,32). The molecule has 1 aliphatic rings. The van der Waals surface area contributed by atoms with Crippen molar-refractivity contribution in [3.8, 4) is 17.3 Å². The van der Waals surface area contributed by atoms with E-state index in [0.717, 1.165) is 12.1 Å². The number of rotatable bonds is 6. The van der Waals surface area contributed by atoms with Gasteiger partial charge in [0.05, 0.1) is 29.3 Å². The van der Waals surface area contributed by atoms with Gasteiger partial charge in [0.2, 0.25) is 0 Å². The average Bonchev–Trinajstić information content (AvgIpc) is 3.26. The number of piperidine rings is 1. The maximum atomic E-state index is 13.8. The van der Waals surface area contributed by atoms with E-state index >= 15 is 0 Å². The Morgan fingerprint density at radius 2 is 1.97 bits per heavy atom. The zero-order valence-electron chi connectivity index (χ0n) is 18.8. The Morgan fingerprint density at radius 1 is 1.23 bits per heavy atom. The maximum absolute atomic E-state index is 13.8. The molecule has 0 amide bonds. The van der Waals surface area contributed by atoms with Crippen LogP contribution in [-0.4, -0.2) is 32.6 Å². The summed E-state index contributed by atoms with van der Waals surface area (Å²) in [4.78, 5) is 15.1. The van der Waals surface area contributed by atoms with Gasteiger partial charge in [0, 0.05) is 37.3 Å². The Kier molecular flexibility index (Phi) is 6.73. The van der Waals surface area contributed by atoms with Crippen molar-refractivity contribution in [2.45, 2.75) is 37.9 Å². The van der Waals surface area contributed by atoms with Crippen molar-refractivity contribution in [2.24, 2.45) is 0 Å². The molecule has 0 saturated carbocycles. The van der Waals surface area contributed by atoms with Crippen LogP contribution in [0.2, 0.25) is 0 Å². The summed E-state index contributed by atoms with van der Waals surface area (Å²) in [5, 5.41) is 9.05. The molecular weight excluding hydrogens is 462 g/mol. The van der Waals surface area contributed by atoms with Gasteiger partial charge in [0.15, 0.2) is 0 Å². The molecular formula is C24H23F4N7. The molecule has 1 aromatic carbocycles.